The van der Waals surface area contributed by atoms with Crippen molar-refractivity contribution in [1.29, 1.82) is 0 Å². The second kappa shape index (κ2) is 6.13. The average Bonchev–Trinajstić information content (AvgIpc) is 2.48. The quantitative estimate of drug-likeness (QED) is 0.781. The van der Waals surface area contributed by atoms with Gasteiger partial charge in [0.05, 0.1) is 0 Å². The van der Waals surface area contributed by atoms with Crippen LogP contribution in [-0.2, 0) is 19.3 Å². The van der Waals surface area contributed by atoms with E-state index < -0.39 is 0 Å². The summed E-state index contributed by atoms with van der Waals surface area (Å²) in [5.41, 5.74) is 15.1. The maximum atomic E-state index is 6.10. The lowest BCUT2D eigenvalue weighted by Gasteiger charge is -2.17. The highest BCUT2D eigenvalue weighted by Crippen LogP contribution is 2.32. The normalized spacial score (nSPS) is 10.8. The Labute approximate surface area is 122 Å². The van der Waals surface area contributed by atoms with Crippen molar-refractivity contribution in [2.75, 3.05) is 5.73 Å². The van der Waals surface area contributed by atoms with Crippen LogP contribution in [0.4, 0.5) is 5.69 Å². The molecule has 0 spiro atoms. The zero-order chi connectivity index (χ0) is 14.7. The molecule has 0 fully saturated rings. The lowest BCUT2D eigenvalue weighted by Crippen LogP contribution is -1.99. The molecule has 2 aromatic rings. The first-order valence-corrected chi connectivity index (χ1v) is 7.61. The van der Waals surface area contributed by atoms with Crippen molar-refractivity contribution in [3.8, 4) is 11.1 Å². The highest BCUT2D eigenvalue weighted by Gasteiger charge is 2.11. The molecule has 2 rings (SSSR count). The molecule has 0 radical (unpaired) electrons. The van der Waals surface area contributed by atoms with Crippen molar-refractivity contribution in [2.45, 2.75) is 47.0 Å². The molecule has 2 aromatic carbocycles. The second-order valence-corrected chi connectivity index (χ2v) is 5.42. The van der Waals surface area contributed by atoms with Crippen LogP contribution in [0.25, 0.3) is 11.1 Å². The van der Waals surface area contributed by atoms with Gasteiger partial charge in [0, 0.05) is 5.69 Å². The molecule has 0 atom stereocenters. The molecule has 20 heavy (non-hydrogen) atoms. The van der Waals surface area contributed by atoms with Gasteiger partial charge < -0.3 is 5.73 Å². The van der Waals surface area contributed by atoms with Crippen LogP contribution in [0.3, 0.4) is 0 Å². The van der Waals surface area contributed by atoms with E-state index in [0.29, 0.717) is 0 Å². The standard InChI is InChI=1S/C19H25N/c1-5-14-10-15(6-2)19(16(7-3)11-14)17-9-8-13(4)18(20)12-17/h8-12H,5-7,20H2,1-4H3. The smallest absolute Gasteiger partial charge is 0.0349 e. The molecule has 106 valence electrons. The number of nitrogen functional groups attached to an aromatic ring is 1. The largest absolute Gasteiger partial charge is 0.398 e. The fraction of sp³-hybridized carbons (Fsp3) is 0.368. The van der Waals surface area contributed by atoms with E-state index in [4.69, 9.17) is 5.73 Å². The van der Waals surface area contributed by atoms with Crippen molar-refractivity contribution in [3.05, 3.63) is 52.6 Å². The first-order valence-electron chi connectivity index (χ1n) is 7.61. The van der Waals surface area contributed by atoms with Crippen LogP contribution in [0, 0.1) is 6.92 Å². The van der Waals surface area contributed by atoms with E-state index in [0.717, 1.165) is 30.5 Å². The van der Waals surface area contributed by atoms with E-state index in [9.17, 15) is 0 Å². The Balaban J connectivity index is 2.67. The molecular formula is C19H25N. The third-order valence-electron chi connectivity index (χ3n) is 4.10. The molecule has 0 bridgehead atoms. The van der Waals surface area contributed by atoms with E-state index in [-0.39, 0.29) is 0 Å². The van der Waals surface area contributed by atoms with Crippen LogP contribution in [0.2, 0.25) is 0 Å². The van der Waals surface area contributed by atoms with Gasteiger partial charge in [-0.2, -0.15) is 0 Å². The molecule has 0 aliphatic carbocycles. The van der Waals surface area contributed by atoms with Gasteiger partial charge in [0.2, 0.25) is 0 Å². The number of nitrogens with two attached hydrogens (primary N) is 1. The Morgan fingerprint density at radius 3 is 1.90 bits per heavy atom. The van der Waals surface area contributed by atoms with Gasteiger partial charge in [-0.25, -0.2) is 0 Å². The lowest BCUT2D eigenvalue weighted by molar-refractivity contribution is 1.05. The summed E-state index contributed by atoms with van der Waals surface area (Å²) in [4.78, 5) is 0. The van der Waals surface area contributed by atoms with Gasteiger partial charge in [-0.15, -0.1) is 0 Å². The van der Waals surface area contributed by atoms with Gasteiger partial charge in [0.15, 0.2) is 0 Å². The minimum atomic E-state index is 0.881. The number of aryl methyl sites for hydroxylation is 4. The average molecular weight is 267 g/mol. The topological polar surface area (TPSA) is 26.0 Å². The molecule has 0 saturated carbocycles. The van der Waals surface area contributed by atoms with Gasteiger partial charge in [0.1, 0.15) is 0 Å². The minimum Gasteiger partial charge on any atom is -0.398 e. The maximum absolute atomic E-state index is 6.10. The summed E-state index contributed by atoms with van der Waals surface area (Å²) in [7, 11) is 0. The Morgan fingerprint density at radius 1 is 0.850 bits per heavy atom. The number of hydrogen-bond acceptors (Lipinski definition) is 1. The van der Waals surface area contributed by atoms with Gasteiger partial charge in [0.25, 0.3) is 0 Å². The Hall–Kier alpha value is -1.76. The van der Waals surface area contributed by atoms with Gasteiger partial charge in [-0.3, -0.25) is 0 Å². The van der Waals surface area contributed by atoms with Crippen molar-refractivity contribution >= 4 is 5.69 Å². The van der Waals surface area contributed by atoms with Crippen LogP contribution >= 0.6 is 0 Å². The predicted octanol–water partition coefficient (Wildman–Crippen LogP) is 4.93. The monoisotopic (exact) mass is 267 g/mol. The third-order valence-corrected chi connectivity index (χ3v) is 4.10. The molecular weight excluding hydrogens is 242 g/mol. The summed E-state index contributed by atoms with van der Waals surface area (Å²) >= 11 is 0. The fourth-order valence-electron chi connectivity index (χ4n) is 2.77. The summed E-state index contributed by atoms with van der Waals surface area (Å²) in [5.74, 6) is 0. The zero-order valence-corrected chi connectivity index (χ0v) is 13.1. The van der Waals surface area contributed by atoms with Crippen molar-refractivity contribution in [3.63, 3.8) is 0 Å². The van der Waals surface area contributed by atoms with E-state index in [1.807, 2.05) is 0 Å². The third kappa shape index (κ3) is 2.72. The molecule has 1 heteroatoms. The summed E-state index contributed by atoms with van der Waals surface area (Å²) < 4.78 is 0. The second-order valence-electron chi connectivity index (χ2n) is 5.42. The van der Waals surface area contributed by atoms with Crippen molar-refractivity contribution in [2.24, 2.45) is 0 Å². The van der Waals surface area contributed by atoms with Crippen LogP contribution in [0.1, 0.15) is 43.0 Å². The molecule has 0 saturated heterocycles. The molecule has 0 amide bonds. The van der Waals surface area contributed by atoms with Crippen LogP contribution in [-0.4, -0.2) is 0 Å². The van der Waals surface area contributed by atoms with E-state index in [2.05, 4.69) is 58.0 Å². The van der Waals surface area contributed by atoms with Crippen molar-refractivity contribution in [1.82, 2.24) is 0 Å². The van der Waals surface area contributed by atoms with Crippen molar-refractivity contribution < 1.29 is 0 Å². The highest BCUT2D eigenvalue weighted by molar-refractivity contribution is 5.75. The first kappa shape index (κ1) is 14.6. The SMILES string of the molecule is CCc1cc(CC)c(-c2ccc(C)c(N)c2)c(CC)c1. The molecule has 2 N–H and O–H groups in total. The Bertz CT molecular complexity index is 586. The summed E-state index contributed by atoms with van der Waals surface area (Å²) in [6, 6.07) is 11.1. The molecule has 0 heterocycles. The Kier molecular flexibility index (Phi) is 4.49. The molecule has 0 aromatic heterocycles. The highest BCUT2D eigenvalue weighted by atomic mass is 14.6. The first-order chi connectivity index (χ1) is 9.60. The predicted molar refractivity (Wildman–Crippen MR) is 89.2 cm³/mol. The van der Waals surface area contributed by atoms with E-state index in [1.54, 1.807) is 0 Å². The van der Waals surface area contributed by atoms with E-state index >= 15 is 0 Å². The lowest BCUT2D eigenvalue weighted by atomic mass is 9.89. The molecule has 0 aliphatic rings. The van der Waals surface area contributed by atoms with E-state index in [1.165, 1.54) is 27.8 Å². The molecule has 0 aliphatic heterocycles. The maximum Gasteiger partial charge on any atom is 0.0349 e. The van der Waals surface area contributed by atoms with Gasteiger partial charge in [-0.05, 0) is 65.6 Å². The molecule has 0 unspecified atom stereocenters. The Morgan fingerprint density at radius 2 is 1.45 bits per heavy atom. The summed E-state index contributed by atoms with van der Waals surface area (Å²) in [5, 5.41) is 0. The summed E-state index contributed by atoms with van der Waals surface area (Å²) in [6.45, 7) is 8.74. The number of rotatable bonds is 4. The fourth-order valence-corrected chi connectivity index (χ4v) is 2.77. The van der Waals surface area contributed by atoms with Gasteiger partial charge >= 0.3 is 0 Å². The molecule has 1 nitrogen and oxygen atoms in total. The number of hydrogen-bond donors (Lipinski definition) is 1. The van der Waals surface area contributed by atoms with Crippen LogP contribution < -0.4 is 5.73 Å². The summed E-state index contributed by atoms with van der Waals surface area (Å²) in [6.07, 6.45) is 3.21. The number of anilines is 1. The van der Waals surface area contributed by atoms with Crippen LogP contribution in [0.5, 0.6) is 0 Å². The van der Waals surface area contributed by atoms with Gasteiger partial charge in [-0.1, -0.05) is 45.0 Å². The van der Waals surface area contributed by atoms with Crippen LogP contribution in [0.15, 0.2) is 30.3 Å². The number of benzene rings is 2. The minimum absolute atomic E-state index is 0.881. The zero-order valence-electron chi connectivity index (χ0n) is 13.1.